The maximum absolute atomic E-state index is 9.24. The van der Waals surface area contributed by atoms with Gasteiger partial charge in [-0.25, -0.2) is 0 Å². The summed E-state index contributed by atoms with van der Waals surface area (Å²) in [5, 5.41) is 26.3. The van der Waals surface area contributed by atoms with Crippen LogP contribution >= 0.6 is 0 Å². The highest BCUT2D eigenvalue weighted by atomic mass is 16.3. The van der Waals surface area contributed by atoms with Crippen LogP contribution in [0.4, 0.5) is 0 Å². The minimum atomic E-state index is -0.883. The Balaban J connectivity index is 3.13. The first-order valence-electron chi connectivity index (χ1n) is 3.36. The van der Waals surface area contributed by atoms with Crippen molar-refractivity contribution in [3.8, 4) is 17.9 Å². The monoisotopic (exact) mass is 158 g/mol. The number of aromatic hydroxyl groups is 1. The van der Waals surface area contributed by atoms with E-state index < -0.39 is 5.92 Å². The molecule has 0 fully saturated rings. The number of hydrogen-bond acceptors (Lipinski definition) is 3. The van der Waals surface area contributed by atoms with Gasteiger partial charge in [0.15, 0.2) is 5.92 Å². The summed E-state index contributed by atoms with van der Waals surface area (Å²) in [5.74, 6) is -0.892. The minimum absolute atomic E-state index is 0.00870. The Morgan fingerprint density at radius 2 is 1.75 bits per heavy atom. The van der Waals surface area contributed by atoms with Crippen LogP contribution in [0.5, 0.6) is 5.75 Å². The molecular formula is C9H6N2O. The van der Waals surface area contributed by atoms with E-state index in [-0.39, 0.29) is 5.75 Å². The lowest BCUT2D eigenvalue weighted by Crippen LogP contribution is -1.91. The molecule has 0 bridgehead atoms. The molecule has 0 aliphatic rings. The number of para-hydroxylation sites is 1. The molecule has 0 spiro atoms. The van der Waals surface area contributed by atoms with Crippen LogP contribution in [0.25, 0.3) is 0 Å². The molecule has 3 nitrogen and oxygen atoms in total. The van der Waals surface area contributed by atoms with E-state index >= 15 is 0 Å². The van der Waals surface area contributed by atoms with E-state index in [0.717, 1.165) is 0 Å². The Kier molecular flexibility index (Phi) is 2.30. The van der Waals surface area contributed by atoms with Crippen LogP contribution in [-0.2, 0) is 0 Å². The third-order valence-corrected chi connectivity index (χ3v) is 1.51. The first-order valence-corrected chi connectivity index (χ1v) is 3.36. The van der Waals surface area contributed by atoms with Crippen molar-refractivity contribution in [1.29, 1.82) is 10.5 Å². The summed E-state index contributed by atoms with van der Waals surface area (Å²) in [6, 6.07) is 9.91. The molecule has 0 saturated carbocycles. The van der Waals surface area contributed by atoms with Crippen molar-refractivity contribution < 1.29 is 5.11 Å². The maximum Gasteiger partial charge on any atom is 0.161 e. The Bertz CT molecular complexity index is 346. The van der Waals surface area contributed by atoms with Gasteiger partial charge in [-0.3, -0.25) is 0 Å². The van der Waals surface area contributed by atoms with Gasteiger partial charge < -0.3 is 5.11 Å². The Hall–Kier alpha value is -2.00. The molecule has 1 aromatic rings. The third kappa shape index (κ3) is 1.36. The van der Waals surface area contributed by atoms with Gasteiger partial charge in [-0.1, -0.05) is 18.2 Å². The van der Waals surface area contributed by atoms with E-state index in [4.69, 9.17) is 10.5 Å². The maximum atomic E-state index is 9.24. The Morgan fingerprint density at radius 1 is 1.17 bits per heavy atom. The summed E-state index contributed by atoms with van der Waals surface area (Å²) < 4.78 is 0. The van der Waals surface area contributed by atoms with Gasteiger partial charge in [0.25, 0.3) is 0 Å². The predicted octanol–water partition coefficient (Wildman–Crippen LogP) is 1.52. The molecule has 0 atom stereocenters. The molecule has 3 heteroatoms. The molecular weight excluding hydrogens is 152 g/mol. The number of benzene rings is 1. The van der Waals surface area contributed by atoms with Gasteiger partial charge >= 0.3 is 0 Å². The minimum Gasteiger partial charge on any atom is -0.508 e. The number of nitriles is 2. The molecule has 0 saturated heterocycles. The van der Waals surface area contributed by atoms with Gasteiger partial charge in [0.05, 0.1) is 12.1 Å². The smallest absolute Gasteiger partial charge is 0.161 e. The lowest BCUT2D eigenvalue weighted by molar-refractivity contribution is 0.468. The van der Waals surface area contributed by atoms with E-state index in [9.17, 15) is 5.11 Å². The van der Waals surface area contributed by atoms with Gasteiger partial charge in [0, 0.05) is 5.56 Å². The summed E-state index contributed by atoms with van der Waals surface area (Å²) in [7, 11) is 0. The summed E-state index contributed by atoms with van der Waals surface area (Å²) in [5.41, 5.74) is 0.363. The number of nitrogens with zero attached hydrogens (tertiary/aromatic N) is 2. The van der Waals surface area contributed by atoms with E-state index in [1.807, 2.05) is 0 Å². The molecule has 0 amide bonds. The molecule has 0 aliphatic heterocycles. The molecule has 1 aromatic carbocycles. The fourth-order valence-corrected chi connectivity index (χ4v) is 0.900. The van der Waals surface area contributed by atoms with Crippen molar-refractivity contribution in [2.45, 2.75) is 5.92 Å². The molecule has 0 aliphatic carbocycles. The molecule has 0 unspecified atom stereocenters. The summed E-state index contributed by atoms with van der Waals surface area (Å²) in [6.07, 6.45) is 0. The summed E-state index contributed by atoms with van der Waals surface area (Å²) >= 11 is 0. The van der Waals surface area contributed by atoms with Crippen molar-refractivity contribution in [2.75, 3.05) is 0 Å². The van der Waals surface area contributed by atoms with E-state index in [0.29, 0.717) is 5.56 Å². The number of phenolic OH excluding ortho intramolecular Hbond substituents is 1. The molecule has 1 N–H and O–H groups in total. The number of hydrogen-bond donors (Lipinski definition) is 1. The number of rotatable bonds is 1. The van der Waals surface area contributed by atoms with Crippen molar-refractivity contribution in [1.82, 2.24) is 0 Å². The topological polar surface area (TPSA) is 67.8 Å². The average Bonchev–Trinajstić information content (AvgIpc) is 2.10. The van der Waals surface area contributed by atoms with Crippen LogP contribution in [0.1, 0.15) is 11.5 Å². The highest BCUT2D eigenvalue weighted by molar-refractivity contribution is 5.41. The van der Waals surface area contributed by atoms with E-state index in [2.05, 4.69) is 0 Å². The largest absolute Gasteiger partial charge is 0.508 e. The van der Waals surface area contributed by atoms with Crippen molar-refractivity contribution in [3.63, 3.8) is 0 Å². The second-order valence-electron chi connectivity index (χ2n) is 2.25. The lowest BCUT2D eigenvalue weighted by atomic mass is 10.0. The standard InChI is InChI=1S/C9H6N2O/c10-5-7(6-11)8-3-1-2-4-9(8)12/h1-4,7,12H. The van der Waals surface area contributed by atoms with Crippen LogP contribution in [0.2, 0.25) is 0 Å². The van der Waals surface area contributed by atoms with Gasteiger partial charge in [0.2, 0.25) is 0 Å². The van der Waals surface area contributed by atoms with Gasteiger partial charge in [-0.05, 0) is 6.07 Å². The zero-order valence-corrected chi connectivity index (χ0v) is 6.23. The average molecular weight is 158 g/mol. The van der Waals surface area contributed by atoms with Crippen molar-refractivity contribution in [2.24, 2.45) is 0 Å². The second kappa shape index (κ2) is 3.41. The second-order valence-corrected chi connectivity index (χ2v) is 2.25. The fourth-order valence-electron chi connectivity index (χ4n) is 0.900. The molecule has 1 rings (SSSR count). The SMILES string of the molecule is N#CC(C#N)c1ccccc1O. The van der Waals surface area contributed by atoms with Gasteiger partial charge in [-0.2, -0.15) is 10.5 Å². The third-order valence-electron chi connectivity index (χ3n) is 1.51. The van der Waals surface area contributed by atoms with Crippen molar-refractivity contribution >= 4 is 0 Å². The molecule has 0 heterocycles. The van der Waals surface area contributed by atoms with Crippen molar-refractivity contribution in [3.05, 3.63) is 29.8 Å². The molecule has 58 valence electrons. The van der Waals surface area contributed by atoms with Crippen LogP contribution in [-0.4, -0.2) is 5.11 Å². The normalized spacial score (nSPS) is 8.92. The predicted molar refractivity (Wildman–Crippen MR) is 42.1 cm³/mol. The first kappa shape index (κ1) is 8.10. The summed E-state index contributed by atoms with van der Waals surface area (Å²) in [4.78, 5) is 0. The first-order chi connectivity index (χ1) is 5.79. The number of phenols is 1. The van der Waals surface area contributed by atoms with Crippen LogP contribution < -0.4 is 0 Å². The van der Waals surface area contributed by atoms with E-state index in [1.165, 1.54) is 6.07 Å². The highest BCUT2D eigenvalue weighted by Gasteiger charge is 2.11. The van der Waals surface area contributed by atoms with Crippen LogP contribution in [0, 0.1) is 22.7 Å². The fraction of sp³-hybridized carbons (Fsp3) is 0.111. The van der Waals surface area contributed by atoms with Crippen LogP contribution in [0.15, 0.2) is 24.3 Å². The van der Waals surface area contributed by atoms with E-state index in [1.54, 1.807) is 30.3 Å². The zero-order chi connectivity index (χ0) is 8.97. The Morgan fingerprint density at radius 3 is 2.25 bits per heavy atom. The zero-order valence-electron chi connectivity index (χ0n) is 6.23. The molecule has 0 aromatic heterocycles. The van der Waals surface area contributed by atoms with Gasteiger partial charge in [0.1, 0.15) is 5.75 Å². The molecule has 0 radical (unpaired) electrons. The summed E-state index contributed by atoms with van der Waals surface area (Å²) in [6.45, 7) is 0. The quantitative estimate of drug-likeness (QED) is 0.673. The van der Waals surface area contributed by atoms with Crippen LogP contribution in [0.3, 0.4) is 0 Å². The van der Waals surface area contributed by atoms with Gasteiger partial charge in [-0.15, -0.1) is 0 Å². The Labute approximate surface area is 70.1 Å². The highest BCUT2D eigenvalue weighted by Crippen LogP contribution is 2.23. The molecule has 12 heavy (non-hydrogen) atoms. The lowest BCUT2D eigenvalue weighted by Gasteiger charge is -2.01.